The summed E-state index contributed by atoms with van der Waals surface area (Å²) in [5.41, 5.74) is 7.77. The van der Waals surface area contributed by atoms with Crippen molar-refractivity contribution < 1.29 is 9.18 Å². The standard InChI is InChI=1S/C21H23FN4O/c1-24-20-14-26(13-19(20)15-7-9-17(22)10-8-15)21(27)16(11-23)12-25-18-5-3-2-4-6-18/h2-12,19-20,24H,13-14,23H2,1H3/b16-11+,25-12?. The fourth-order valence-electron chi connectivity index (χ4n) is 3.32. The molecule has 1 heterocycles. The van der Waals surface area contributed by atoms with Gasteiger partial charge < -0.3 is 16.0 Å². The summed E-state index contributed by atoms with van der Waals surface area (Å²) in [6.07, 6.45) is 2.78. The lowest BCUT2D eigenvalue weighted by atomic mass is 9.94. The van der Waals surface area contributed by atoms with Crippen LogP contribution in [0.5, 0.6) is 0 Å². The van der Waals surface area contributed by atoms with Gasteiger partial charge in [-0.2, -0.15) is 0 Å². The van der Waals surface area contributed by atoms with Crippen molar-refractivity contribution in [2.75, 3.05) is 20.1 Å². The second-order valence-electron chi connectivity index (χ2n) is 6.48. The predicted octanol–water partition coefficient (Wildman–Crippen LogP) is 2.58. The average Bonchev–Trinajstić information content (AvgIpc) is 3.14. The number of hydrogen-bond acceptors (Lipinski definition) is 4. The second kappa shape index (κ2) is 8.60. The number of hydrogen-bond donors (Lipinski definition) is 2. The van der Waals surface area contributed by atoms with Crippen molar-refractivity contribution >= 4 is 17.8 Å². The van der Waals surface area contributed by atoms with Gasteiger partial charge in [0.2, 0.25) is 0 Å². The van der Waals surface area contributed by atoms with E-state index in [0.717, 1.165) is 11.3 Å². The zero-order valence-electron chi connectivity index (χ0n) is 15.2. The number of nitrogens with one attached hydrogen (secondary N) is 1. The molecule has 2 aromatic carbocycles. The number of likely N-dealkylation sites (N-methyl/N-ethyl adjacent to an activating group) is 1. The molecule has 1 amide bonds. The first kappa shape index (κ1) is 18.8. The molecular weight excluding hydrogens is 343 g/mol. The summed E-state index contributed by atoms with van der Waals surface area (Å²) in [7, 11) is 1.87. The molecule has 3 N–H and O–H groups in total. The van der Waals surface area contributed by atoms with Crippen LogP contribution in [0.4, 0.5) is 10.1 Å². The number of para-hydroxylation sites is 1. The van der Waals surface area contributed by atoms with E-state index in [1.165, 1.54) is 24.5 Å². The summed E-state index contributed by atoms with van der Waals surface area (Å²) < 4.78 is 13.2. The van der Waals surface area contributed by atoms with E-state index in [1.807, 2.05) is 37.4 Å². The lowest BCUT2D eigenvalue weighted by Crippen LogP contribution is -2.35. The molecule has 1 saturated heterocycles. The summed E-state index contributed by atoms with van der Waals surface area (Å²) in [6, 6.07) is 15.9. The van der Waals surface area contributed by atoms with Crippen molar-refractivity contribution in [1.82, 2.24) is 10.2 Å². The van der Waals surface area contributed by atoms with Crippen molar-refractivity contribution in [2.45, 2.75) is 12.0 Å². The minimum absolute atomic E-state index is 0.0875. The molecule has 2 aromatic rings. The number of carbonyl (C=O) groups excluding carboxylic acids is 1. The Morgan fingerprint density at radius 3 is 2.52 bits per heavy atom. The van der Waals surface area contributed by atoms with Gasteiger partial charge in [0.15, 0.2) is 0 Å². The maximum atomic E-state index is 13.2. The van der Waals surface area contributed by atoms with Crippen molar-refractivity contribution in [1.29, 1.82) is 0 Å². The minimum atomic E-state index is -0.267. The third-order valence-electron chi connectivity index (χ3n) is 4.81. The van der Waals surface area contributed by atoms with Crippen molar-refractivity contribution in [3.8, 4) is 0 Å². The van der Waals surface area contributed by atoms with Crippen LogP contribution in [-0.2, 0) is 4.79 Å². The lowest BCUT2D eigenvalue weighted by Gasteiger charge is -2.17. The van der Waals surface area contributed by atoms with E-state index in [2.05, 4.69) is 10.3 Å². The van der Waals surface area contributed by atoms with Gasteiger partial charge in [0.05, 0.1) is 11.3 Å². The lowest BCUT2D eigenvalue weighted by molar-refractivity contribution is -0.125. The van der Waals surface area contributed by atoms with E-state index in [1.54, 1.807) is 17.0 Å². The monoisotopic (exact) mass is 366 g/mol. The van der Waals surface area contributed by atoms with Crippen molar-refractivity contribution in [3.63, 3.8) is 0 Å². The second-order valence-corrected chi connectivity index (χ2v) is 6.48. The van der Waals surface area contributed by atoms with Crippen LogP contribution < -0.4 is 11.1 Å². The molecule has 2 unspecified atom stereocenters. The normalized spacial score (nSPS) is 20.4. The molecule has 0 aliphatic carbocycles. The van der Waals surface area contributed by atoms with Gasteiger partial charge in [-0.1, -0.05) is 30.3 Å². The SMILES string of the molecule is CNC1CN(C(=O)/C(C=Nc2ccccc2)=C/N)CC1c1ccc(F)cc1. The molecule has 2 atom stereocenters. The first-order valence-corrected chi connectivity index (χ1v) is 8.85. The molecule has 0 bridgehead atoms. The van der Waals surface area contributed by atoms with Crippen LogP contribution in [0.15, 0.2) is 71.4 Å². The Balaban J connectivity index is 1.74. The molecule has 5 nitrogen and oxygen atoms in total. The molecule has 0 saturated carbocycles. The molecule has 140 valence electrons. The number of halogens is 1. The summed E-state index contributed by atoms with van der Waals surface area (Å²) in [5.74, 6) is -0.345. The number of rotatable bonds is 5. The van der Waals surface area contributed by atoms with Crippen LogP contribution in [0.25, 0.3) is 0 Å². The number of nitrogens with zero attached hydrogens (tertiary/aromatic N) is 2. The van der Waals surface area contributed by atoms with Crippen molar-refractivity contribution in [3.05, 3.63) is 77.8 Å². The molecule has 0 radical (unpaired) electrons. The number of amides is 1. The molecule has 1 aliphatic rings. The van der Waals surface area contributed by atoms with Gasteiger partial charge in [-0.05, 0) is 36.9 Å². The third-order valence-corrected chi connectivity index (χ3v) is 4.81. The fourth-order valence-corrected chi connectivity index (χ4v) is 3.32. The third kappa shape index (κ3) is 4.41. The summed E-state index contributed by atoms with van der Waals surface area (Å²) >= 11 is 0. The van der Waals surface area contributed by atoms with E-state index >= 15 is 0 Å². The smallest absolute Gasteiger partial charge is 0.256 e. The maximum absolute atomic E-state index is 13.2. The molecule has 27 heavy (non-hydrogen) atoms. The Bertz CT molecular complexity index is 833. The van der Waals surface area contributed by atoms with E-state index < -0.39 is 0 Å². The Hall–Kier alpha value is -2.99. The number of benzene rings is 2. The highest BCUT2D eigenvalue weighted by atomic mass is 19.1. The van der Waals surface area contributed by atoms with Crippen LogP contribution in [-0.4, -0.2) is 43.2 Å². The maximum Gasteiger partial charge on any atom is 0.256 e. The van der Waals surface area contributed by atoms with Crippen LogP contribution >= 0.6 is 0 Å². The molecule has 0 spiro atoms. The van der Waals surface area contributed by atoms with E-state index in [9.17, 15) is 9.18 Å². The van der Waals surface area contributed by atoms with Gasteiger partial charge in [0, 0.05) is 37.5 Å². The topological polar surface area (TPSA) is 70.7 Å². The van der Waals surface area contributed by atoms with Gasteiger partial charge in [-0.25, -0.2) is 4.39 Å². The molecule has 6 heteroatoms. The van der Waals surface area contributed by atoms with E-state index in [4.69, 9.17) is 5.73 Å². The number of nitrogens with two attached hydrogens (primary N) is 1. The highest BCUT2D eigenvalue weighted by Crippen LogP contribution is 2.28. The van der Waals surface area contributed by atoms with Crippen LogP contribution in [0, 0.1) is 5.82 Å². The largest absolute Gasteiger partial charge is 0.404 e. The Morgan fingerprint density at radius 2 is 1.89 bits per heavy atom. The molecule has 3 rings (SSSR count). The number of aliphatic imine (C=N–C) groups is 1. The zero-order valence-corrected chi connectivity index (χ0v) is 15.2. The van der Waals surface area contributed by atoms with Crippen LogP contribution in [0.1, 0.15) is 11.5 Å². The van der Waals surface area contributed by atoms with E-state index in [-0.39, 0.29) is 23.7 Å². The van der Waals surface area contributed by atoms with Gasteiger partial charge in [-0.3, -0.25) is 9.79 Å². The molecule has 1 aliphatic heterocycles. The van der Waals surface area contributed by atoms with Crippen LogP contribution in [0.3, 0.4) is 0 Å². The van der Waals surface area contributed by atoms with Crippen molar-refractivity contribution in [2.24, 2.45) is 10.7 Å². The van der Waals surface area contributed by atoms with Crippen LogP contribution in [0.2, 0.25) is 0 Å². The first-order valence-electron chi connectivity index (χ1n) is 8.85. The molecular formula is C21H23FN4O. The number of carbonyl (C=O) groups is 1. The zero-order chi connectivity index (χ0) is 19.2. The fraction of sp³-hybridized carbons (Fsp3) is 0.238. The Morgan fingerprint density at radius 1 is 1.19 bits per heavy atom. The first-order chi connectivity index (χ1) is 13.1. The molecule has 1 fully saturated rings. The summed E-state index contributed by atoms with van der Waals surface area (Å²) in [4.78, 5) is 19.0. The number of likely N-dealkylation sites (tertiary alicyclic amines) is 1. The Labute approximate surface area is 158 Å². The minimum Gasteiger partial charge on any atom is -0.404 e. The van der Waals surface area contributed by atoms with Gasteiger partial charge in [0.1, 0.15) is 5.82 Å². The summed E-state index contributed by atoms with van der Waals surface area (Å²) in [6.45, 7) is 1.08. The van der Waals surface area contributed by atoms with E-state index in [0.29, 0.717) is 18.7 Å². The average molecular weight is 366 g/mol. The summed E-state index contributed by atoms with van der Waals surface area (Å²) in [5, 5.41) is 3.25. The predicted molar refractivity (Wildman–Crippen MR) is 105 cm³/mol. The van der Waals surface area contributed by atoms with Gasteiger partial charge in [-0.15, -0.1) is 0 Å². The van der Waals surface area contributed by atoms with Gasteiger partial charge in [0.25, 0.3) is 5.91 Å². The highest BCUT2D eigenvalue weighted by Gasteiger charge is 2.35. The highest BCUT2D eigenvalue weighted by molar-refractivity contribution is 6.12. The quantitative estimate of drug-likeness (QED) is 0.631. The Kier molecular flexibility index (Phi) is 5.98. The van der Waals surface area contributed by atoms with Gasteiger partial charge >= 0.3 is 0 Å². The molecule has 0 aromatic heterocycles.